The molecule has 150 valence electrons. The highest BCUT2D eigenvalue weighted by Crippen LogP contribution is 2.25. The predicted octanol–water partition coefficient (Wildman–Crippen LogP) is 2.68. The Kier molecular flexibility index (Phi) is 7.06. The van der Waals surface area contributed by atoms with Gasteiger partial charge >= 0.3 is 0 Å². The number of rotatable bonds is 6. The quantitative estimate of drug-likeness (QED) is 0.597. The van der Waals surface area contributed by atoms with Gasteiger partial charge in [-0.05, 0) is 32.6 Å². The minimum Gasteiger partial charge on any atom is -0.373 e. The molecule has 2 aliphatic heterocycles. The second-order valence-corrected chi connectivity index (χ2v) is 9.49. The Morgan fingerprint density at radius 1 is 1.30 bits per heavy atom. The van der Waals surface area contributed by atoms with Crippen LogP contribution in [0.4, 0.5) is 0 Å². The van der Waals surface area contributed by atoms with Crippen LogP contribution in [0.2, 0.25) is 0 Å². The maximum atomic E-state index is 6.12. The number of ether oxygens (including phenoxy) is 1. The molecule has 2 saturated heterocycles. The molecule has 2 atom stereocenters. The summed E-state index contributed by atoms with van der Waals surface area (Å²) < 4.78 is 6.28. The molecule has 1 N–H and O–H groups in total. The van der Waals surface area contributed by atoms with E-state index in [1.807, 2.05) is 11.8 Å². The van der Waals surface area contributed by atoms with E-state index in [0.717, 1.165) is 51.8 Å². The predicted molar refractivity (Wildman–Crippen MR) is 116 cm³/mol. The monoisotopic (exact) mass is 390 g/mol. The van der Waals surface area contributed by atoms with Gasteiger partial charge in [0.25, 0.3) is 0 Å². The molecule has 2 heterocycles. The lowest BCUT2D eigenvalue weighted by Gasteiger charge is -2.36. The third-order valence-corrected chi connectivity index (χ3v) is 6.68. The van der Waals surface area contributed by atoms with Gasteiger partial charge in [-0.2, -0.15) is 11.8 Å². The van der Waals surface area contributed by atoms with Crippen molar-refractivity contribution in [2.45, 2.75) is 44.2 Å². The van der Waals surface area contributed by atoms with Crippen LogP contribution in [0.1, 0.15) is 26.3 Å². The molecule has 5 nitrogen and oxygen atoms in total. The number of aliphatic imine (C=N–C) groups is 1. The Labute approximate surface area is 168 Å². The lowest BCUT2D eigenvalue weighted by atomic mass is 10.1. The van der Waals surface area contributed by atoms with E-state index < -0.39 is 0 Å². The minimum atomic E-state index is 0.156. The Bertz CT molecular complexity index is 622. The number of guanidine groups is 1. The fourth-order valence-corrected chi connectivity index (χ4v) is 3.89. The molecular weight excluding hydrogens is 356 g/mol. The van der Waals surface area contributed by atoms with Crippen LogP contribution in [0.5, 0.6) is 0 Å². The van der Waals surface area contributed by atoms with E-state index in [4.69, 9.17) is 9.73 Å². The summed E-state index contributed by atoms with van der Waals surface area (Å²) in [5, 5.41) is 3.49. The molecule has 3 rings (SSSR count). The first kappa shape index (κ1) is 20.5. The van der Waals surface area contributed by atoms with Crippen LogP contribution >= 0.6 is 11.8 Å². The molecule has 27 heavy (non-hydrogen) atoms. The molecule has 0 saturated carbocycles. The third-order valence-electron chi connectivity index (χ3n) is 5.44. The van der Waals surface area contributed by atoms with Crippen LogP contribution < -0.4 is 5.32 Å². The fraction of sp³-hybridized carbons (Fsp3) is 0.667. The van der Waals surface area contributed by atoms with E-state index in [2.05, 4.69) is 72.5 Å². The molecule has 0 radical (unpaired) electrons. The van der Waals surface area contributed by atoms with E-state index in [9.17, 15) is 0 Å². The number of likely N-dealkylation sites (tertiary alicyclic amines) is 1. The Balaban J connectivity index is 1.68. The van der Waals surface area contributed by atoms with Crippen molar-refractivity contribution < 1.29 is 4.74 Å². The lowest BCUT2D eigenvalue weighted by Crippen LogP contribution is -2.50. The molecule has 0 aliphatic carbocycles. The first-order valence-electron chi connectivity index (χ1n) is 10.0. The van der Waals surface area contributed by atoms with Crippen LogP contribution in [0.25, 0.3) is 0 Å². The second-order valence-electron chi connectivity index (χ2n) is 7.97. The zero-order valence-corrected chi connectivity index (χ0v) is 18.0. The first-order valence-corrected chi connectivity index (χ1v) is 11.2. The second kappa shape index (κ2) is 9.30. The van der Waals surface area contributed by atoms with E-state index in [-0.39, 0.29) is 10.9 Å². The summed E-state index contributed by atoms with van der Waals surface area (Å²) in [7, 11) is 0. The fourth-order valence-electron chi connectivity index (χ4n) is 3.70. The smallest absolute Gasteiger partial charge is 0.194 e. The summed E-state index contributed by atoms with van der Waals surface area (Å²) >= 11 is 1.87. The van der Waals surface area contributed by atoms with Crippen LogP contribution in [-0.4, -0.2) is 78.2 Å². The Hall–Kier alpha value is -1.24. The highest BCUT2D eigenvalue weighted by molar-refractivity contribution is 7.99. The van der Waals surface area contributed by atoms with Gasteiger partial charge in [-0.15, -0.1) is 0 Å². The number of benzene rings is 1. The molecule has 1 aromatic rings. The minimum absolute atomic E-state index is 0.156. The van der Waals surface area contributed by atoms with Gasteiger partial charge in [0, 0.05) is 37.5 Å². The van der Waals surface area contributed by atoms with E-state index in [1.165, 1.54) is 5.56 Å². The normalized spacial score (nSPS) is 24.1. The Morgan fingerprint density at radius 3 is 2.78 bits per heavy atom. The number of nitrogens with one attached hydrogen (secondary N) is 1. The number of hydrogen-bond acceptors (Lipinski definition) is 4. The summed E-state index contributed by atoms with van der Waals surface area (Å²) in [4.78, 5) is 9.91. The largest absolute Gasteiger partial charge is 0.373 e. The van der Waals surface area contributed by atoms with Crippen molar-refractivity contribution in [1.82, 2.24) is 15.1 Å². The van der Waals surface area contributed by atoms with E-state index in [0.29, 0.717) is 6.04 Å². The first-order chi connectivity index (χ1) is 13.0. The summed E-state index contributed by atoms with van der Waals surface area (Å²) in [6.45, 7) is 13.0. The summed E-state index contributed by atoms with van der Waals surface area (Å²) in [6, 6.07) is 11.2. The van der Waals surface area contributed by atoms with Crippen molar-refractivity contribution in [3.8, 4) is 0 Å². The van der Waals surface area contributed by atoms with Crippen LogP contribution in [0.15, 0.2) is 35.3 Å². The maximum Gasteiger partial charge on any atom is 0.194 e. The van der Waals surface area contributed by atoms with Crippen LogP contribution in [0, 0.1) is 0 Å². The molecule has 0 spiro atoms. The van der Waals surface area contributed by atoms with Crippen molar-refractivity contribution >= 4 is 17.7 Å². The van der Waals surface area contributed by atoms with Gasteiger partial charge in [0.05, 0.1) is 25.3 Å². The van der Waals surface area contributed by atoms with Gasteiger partial charge in [0.2, 0.25) is 0 Å². The van der Waals surface area contributed by atoms with Crippen LogP contribution in [-0.2, 0) is 11.3 Å². The topological polar surface area (TPSA) is 40.1 Å². The van der Waals surface area contributed by atoms with Gasteiger partial charge in [0.15, 0.2) is 5.96 Å². The van der Waals surface area contributed by atoms with Crippen molar-refractivity contribution in [2.75, 3.05) is 45.6 Å². The molecule has 2 unspecified atom stereocenters. The van der Waals surface area contributed by atoms with Gasteiger partial charge in [0.1, 0.15) is 0 Å². The maximum absolute atomic E-state index is 6.12. The van der Waals surface area contributed by atoms with Gasteiger partial charge in [-0.1, -0.05) is 30.3 Å². The van der Waals surface area contributed by atoms with Gasteiger partial charge in [-0.3, -0.25) is 9.89 Å². The van der Waals surface area contributed by atoms with Crippen molar-refractivity contribution in [3.63, 3.8) is 0 Å². The zero-order chi connectivity index (χ0) is 19.3. The molecule has 0 aromatic heterocycles. The van der Waals surface area contributed by atoms with E-state index in [1.54, 1.807) is 0 Å². The summed E-state index contributed by atoms with van der Waals surface area (Å²) in [6.07, 6.45) is 2.42. The highest BCUT2D eigenvalue weighted by Gasteiger charge is 2.41. The van der Waals surface area contributed by atoms with E-state index >= 15 is 0 Å². The lowest BCUT2D eigenvalue weighted by molar-refractivity contribution is -0.0502. The number of morpholine rings is 1. The molecule has 2 aliphatic rings. The molecule has 0 amide bonds. The summed E-state index contributed by atoms with van der Waals surface area (Å²) in [5.74, 6) is 1.03. The van der Waals surface area contributed by atoms with Crippen molar-refractivity contribution in [2.24, 2.45) is 4.99 Å². The Morgan fingerprint density at radius 2 is 2.07 bits per heavy atom. The number of nitrogens with zero attached hydrogens (tertiary/aromatic N) is 3. The average Bonchev–Trinajstić information content (AvgIpc) is 3.11. The standard InChI is InChI=1S/C21H34N4OS/c1-5-22-20(23-16-21(2,3)27-4)25-14-18-19(15-25)26-12-11-24(18)13-17-9-7-6-8-10-17/h6-10,18-19H,5,11-16H2,1-4H3,(H,22,23). The molecule has 0 bridgehead atoms. The van der Waals surface area contributed by atoms with Crippen molar-refractivity contribution in [1.29, 1.82) is 0 Å². The third kappa shape index (κ3) is 5.39. The zero-order valence-electron chi connectivity index (χ0n) is 17.1. The summed E-state index contributed by atoms with van der Waals surface area (Å²) in [5.41, 5.74) is 1.37. The molecule has 6 heteroatoms. The molecular formula is C21H34N4OS. The number of thioether (sulfide) groups is 1. The number of hydrogen-bond donors (Lipinski definition) is 1. The molecule has 1 aromatic carbocycles. The van der Waals surface area contributed by atoms with Gasteiger partial charge in [-0.25, -0.2) is 0 Å². The highest BCUT2D eigenvalue weighted by atomic mass is 32.2. The average molecular weight is 391 g/mol. The number of fused-ring (bicyclic) bond motifs is 1. The van der Waals surface area contributed by atoms with Crippen molar-refractivity contribution in [3.05, 3.63) is 35.9 Å². The van der Waals surface area contributed by atoms with Crippen LogP contribution in [0.3, 0.4) is 0 Å². The van der Waals surface area contributed by atoms with Gasteiger partial charge < -0.3 is 15.0 Å². The SMILES string of the molecule is CCNC(=NCC(C)(C)SC)N1CC2OCCN(Cc3ccccc3)C2C1. The molecule has 2 fully saturated rings.